The molecule has 3 rings (SSSR count). The van der Waals surface area contributed by atoms with Gasteiger partial charge in [0.15, 0.2) is 0 Å². The zero-order valence-electron chi connectivity index (χ0n) is 21.1. The maximum absolute atomic E-state index is 12.1. The van der Waals surface area contributed by atoms with Crippen molar-refractivity contribution in [3.05, 3.63) is 89.9 Å². The molecular formula is C28H33N5O3. The van der Waals surface area contributed by atoms with Gasteiger partial charge in [0.2, 0.25) is 5.91 Å². The highest BCUT2D eigenvalue weighted by Gasteiger charge is 2.17. The first-order chi connectivity index (χ1) is 17.5. The van der Waals surface area contributed by atoms with Crippen LogP contribution >= 0.6 is 0 Å². The molecule has 0 aliphatic carbocycles. The molecule has 0 saturated carbocycles. The average Bonchev–Trinajstić information content (AvgIpc) is 2.89. The third-order valence-corrected chi connectivity index (χ3v) is 5.58. The fourth-order valence-electron chi connectivity index (χ4n) is 3.70. The Bertz CT molecular complexity index is 1180. The number of aryl methyl sites for hydroxylation is 1. The lowest BCUT2D eigenvalue weighted by Gasteiger charge is -2.16. The van der Waals surface area contributed by atoms with Crippen LogP contribution in [0, 0.1) is 0 Å². The summed E-state index contributed by atoms with van der Waals surface area (Å²) in [4.78, 5) is 27.1. The molecule has 36 heavy (non-hydrogen) atoms. The van der Waals surface area contributed by atoms with Crippen molar-refractivity contribution in [3.63, 3.8) is 0 Å². The normalized spacial score (nSPS) is 11.6. The van der Waals surface area contributed by atoms with E-state index < -0.39 is 0 Å². The lowest BCUT2D eigenvalue weighted by Crippen LogP contribution is -2.26. The summed E-state index contributed by atoms with van der Waals surface area (Å²) in [6.45, 7) is 1.06. The highest BCUT2D eigenvalue weighted by Crippen LogP contribution is 2.24. The number of rotatable bonds is 12. The van der Waals surface area contributed by atoms with E-state index in [0.717, 1.165) is 46.9 Å². The second kappa shape index (κ2) is 13.7. The van der Waals surface area contributed by atoms with Gasteiger partial charge in [0.05, 0.1) is 23.6 Å². The second-order valence-corrected chi connectivity index (χ2v) is 8.17. The van der Waals surface area contributed by atoms with Gasteiger partial charge in [0.1, 0.15) is 23.6 Å². The van der Waals surface area contributed by atoms with Gasteiger partial charge in [-0.2, -0.15) is 0 Å². The van der Waals surface area contributed by atoms with Crippen molar-refractivity contribution in [1.82, 2.24) is 14.9 Å². The molecule has 0 radical (unpaired) electrons. The molecule has 0 aliphatic heterocycles. The number of ether oxygens (including phenoxy) is 2. The number of methoxy groups -OCH3 is 1. The van der Waals surface area contributed by atoms with E-state index in [1.807, 2.05) is 54.6 Å². The van der Waals surface area contributed by atoms with E-state index in [9.17, 15) is 4.79 Å². The van der Waals surface area contributed by atoms with E-state index in [2.05, 4.69) is 15.0 Å². The van der Waals surface area contributed by atoms with Crippen molar-refractivity contribution in [1.29, 1.82) is 0 Å². The van der Waals surface area contributed by atoms with Crippen molar-refractivity contribution in [3.8, 4) is 11.5 Å². The molecule has 0 saturated heterocycles. The molecule has 188 valence electrons. The molecule has 0 fully saturated rings. The Morgan fingerprint density at radius 3 is 2.47 bits per heavy atom. The SMILES string of the molecule is CN=C(c1ccc(Oc2ccccc2)cc1)c1c(N)ncnc1CCCCN(C)C(=O)/C=C/COC. The van der Waals surface area contributed by atoms with Gasteiger partial charge in [-0.25, -0.2) is 9.97 Å². The van der Waals surface area contributed by atoms with Crippen LogP contribution in [0.1, 0.15) is 29.7 Å². The largest absolute Gasteiger partial charge is 0.457 e. The Hall–Kier alpha value is -4.04. The van der Waals surface area contributed by atoms with Crippen molar-refractivity contribution < 1.29 is 14.3 Å². The molecule has 0 unspecified atom stereocenters. The summed E-state index contributed by atoms with van der Waals surface area (Å²) >= 11 is 0. The third kappa shape index (κ3) is 7.48. The van der Waals surface area contributed by atoms with Gasteiger partial charge in [0.25, 0.3) is 0 Å². The number of aliphatic imine (C=N–C) groups is 1. The van der Waals surface area contributed by atoms with Crippen molar-refractivity contribution in [2.24, 2.45) is 4.99 Å². The third-order valence-electron chi connectivity index (χ3n) is 5.58. The van der Waals surface area contributed by atoms with E-state index in [0.29, 0.717) is 25.4 Å². The van der Waals surface area contributed by atoms with E-state index >= 15 is 0 Å². The van der Waals surface area contributed by atoms with Gasteiger partial charge in [-0.15, -0.1) is 0 Å². The van der Waals surface area contributed by atoms with Crippen LogP contribution in [-0.4, -0.2) is 60.8 Å². The van der Waals surface area contributed by atoms with Crippen LogP contribution in [0.4, 0.5) is 5.82 Å². The molecule has 0 atom stereocenters. The molecule has 1 amide bonds. The summed E-state index contributed by atoms with van der Waals surface area (Å²) < 4.78 is 10.8. The number of unbranched alkanes of at least 4 members (excludes halogenated alkanes) is 1. The van der Waals surface area contributed by atoms with E-state index in [1.165, 1.54) is 12.4 Å². The fourth-order valence-corrected chi connectivity index (χ4v) is 3.70. The van der Waals surface area contributed by atoms with Gasteiger partial charge < -0.3 is 20.1 Å². The molecule has 8 nitrogen and oxygen atoms in total. The number of likely N-dealkylation sites (N-methyl/N-ethyl adjacent to an activating group) is 1. The van der Waals surface area contributed by atoms with Crippen LogP contribution in [0.15, 0.2) is 78.1 Å². The number of nitrogens with zero attached hydrogens (tertiary/aromatic N) is 4. The van der Waals surface area contributed by atoms with E-state index in [1.54, 1.807) is 32.2 Å². The number of aromatic nitrogens is 2. The molecular weight excluding hydrogens is 454 g/mol. The lowest BCUT2D eigenvalue weighted by molar-refractivity contribution is -0.124. The molecule has 0 bridgehead atoms. The van der Waals surface area contributed by atoms with Crippen LogP contribution in [0.5, 0.6) is 11.5 Å². The molecule has 0 spiro atoms. The Morgan fingerprint density at radius 2 is 1.78 bits per heavy atom. The van der Waals surface area contributed by atoms with Crippen LogP contribution < -0.4 is 10.5 Å². The number of nitrogen functional groups attached to an aromatic ring is 1. The fraction of sp³-hybridized carbons (Fsp3) is 0.286. The van der Waals surface area contributed by atoms with Gasteiger partial charge >= 0.3 is 0 Å². The predicted molar refractivity (Wildman–Crippen MR) is 143 cm³/mol. The summed E-state index contributed by atoms with van der Waals surface area (Å²) in [6.07, 6.45) is 7.08. The Labute approximate surface area is 212 Å². The van der Waals surface area contributed by atoms with Gasteiger partial charge in [-0.05, 0) is 55.7 Å². The van der Waals surface area contributed by atoms with Crippen LogP contribution in [0.25, 0.3) is 0 Å². The summed E-state index contributed by atoms with van der Waals surface area (Å²) in [6, 6.07) is 17.3. The maximum Gasteiger partial charge on any atom is 0.246 e. The minimum atomic E-state index is -0.0425. The number of anilines is 1. The standard InChI is InChI=1S/C28H33N5O3/c1-30-27(21-14-16-23(17-15-21)36-22-10-5-4-6-11-22)26-24(31-20-32-28(26)29)12-7-8-18-33(2)25(34)13-9-19-35-3/h4-6,9-11,13-17,20H,7-8,12,18-19H2,1-3H3,(H2,29,31,32)/b13-9+,30-27?. The number of carbonyl (C=O) groups excluding carboxylic acids is 1. The van der Waals surface area contributed by atoms with Gasteiger partial charge in [-0.1, -0.05) is 24.3 Å². The number of hydrogen-bond donors (Lipinski definition) is 1. The summed E-state index contributed by atoms with van der Waals surface area (Å²) in [5.41, 5.74) is 9.49. The Morgan fingerprint density at radius 1 is 1.06 bits per heavy atom. The number of amides is 1. The molecule has 1 heterocycles. The van der Waals surface area contributed by atoms with Crippen LogP contribution in [-0.2, 0) is 16.0 Å². The second-order valence-electron chi connectivity index (χ2n) is 8.17. The highest BCUT2D eigenvalue weighted by molar-refractivity contribution is 6.15. The number of nitrogens with two attached hydrogens (primary N) is 1. The smallest absolute Gasteiger partial charge is 0.246 e. The first kappa shape index (κ1) is 26.6. The molecule has 2 aromatic carbocycles. The first-order valence-electron chi connectivity index (χ1n) is 11.8. The highest BCUT2D eigenvalue weighted by atomic mass is 16.5. The number of hydrogen-bond acceptors (Lipinski definition) is 7. The number of para-hydroxylation sites is 1. The number of carbonyl (C=O) groups is 1. The predicted octanol–water partition coefficient (Wildman–Crippen LogP) is 4.30. The zero-order chi connectivity index (χ0) is 25.8. The van der Waals surface area contributed by atoms with E-state index in [4.69, 9.17) is 15.2 Å². The van der Waals surface area contributed by atoms with Crippen molar-refractivity contribution in [2.75, 3.05) is 40.1 Å². The van der Waals surface area contributed by atoms with Crippen molar-refractivity contribution >= 4 is 17.4 Å². The first-order valence-corrected chi connectivity index (χ1v) is 11.8. The monoisotopic (exact) mass is 487 g/mol. The molecule has 1 aromatic heterocycles. The topological polar surface area (TPSA) is 103 Å². The quantitative estimate of drug-likeness (QED) is 0.232. The maximum atomic E-state index is 12.1. The summed E-state index contributed by atoms with van der Waals surface area (Å²) in [5, 5.41) is 0. The summed E-state index contributed by atoms with van der Waals surface area (Å²) in [5.74, 6) is 1.85. The van der Waals surface area contributed by atoms with Gasteiger partial charge in [-0.3, -0.25) is 9.79 Å². The summed E-state index contributed by atoms with van der Waals surface area (Å²) in [7, 11) is 5.12. The lowest BCUT2D eigenvalue weighted by atomic mass is 9.98. The Balaban J connectivity index is 1.66. The van der Waals surface area contributed by atoms with Crippen LogP contribution in [0.2, 0.25) is 0 Å². The van der Waals surface area contributed by atoms with Gasteiger partial charge in [0, 0.05) is 39.4 Å². The average molecular weight is 488 g/mol. The minimum Gasteiger partial charge on any atom is -0.457 e. The number of benzene rings is 2. The van der Waals surface area contributed by atoms with E-state index in [-0.39, 0.29) is 5.91 Å². The van der Waals surface area contributed by atoms with Crippen molar-refractivity contribution in [2.45, 2.75) is 19.3 Å². The zero-order valence-corrected chi connectivity index (χ0v) is 21.1. The minimum absolute atomic E-state index is 0.0425. The Kier molecular flexibility index (Phi) is 10.1. The molecule has 8 heteroatoms. The van der Waals surface area contributed by atoms with Crippen LogP contribution in [0.3, 0.4) is 0 Å². The molecule has 3 aromatic rings. The molecule has 2 N–H and O–H groups in total. The molecule has 0 aliphatic rings.